The lowest BCUT2D eigenvalue weighted by Crippen LogP contribution is -2.17. The smallest absolute Gasteiger partial charge is 0.306 e. The van der Waals surface area contributed by atoms with E-state index in [0.717, 1.165) is 6.92 Å². The van der Waals surface area contributed by atoms with Crippen LogP contribution >= 0.6 is 0 Å². The summed E-state index contributed by atoms with van der Waals surface area (Å²) in [6.45, 7) is 2.24. The van der Waals surface area contributed by atoms with Crippen molar-refractivity contribution in [3.63, 3.8) is 0 Å². The molecule has 0 fully saturated rings. The molecule has 6 heteroatoms. The second kappa shape index (κ2) is 4.68. The van der Waals surface area contributed by atoms with Gasteiger partial charge < -0.3 is 14.6 Å². The van der Waals surface area contributed by atoms with Gasteiger partial charge in [-0.1, -0.05) is 6.92 Å². The van der Waals surface area contributed by atoms with Crippen molar-refractivity contribution in [3.8, 4) is 11.5 Å². The lowest BCUT2D eigenvalue weighted by Gasteiger charge is -2.18. The van der Waals surface area contributed by atoms with Gasteiger partial charge >= 0.3 is 5.97 Å². The van der Waals surface area contributed by atoms with Crippen molar-refractivity contribution in [2.75, 3.05) is 6.79 Å². The first-order valence-electron chi connectivity index (χ1n) is 5.82. The zero-order valence-electron chi connectivity index (χ0n) is 10.6. The van der Waals surface area contributed by atoms with Crippen molar-refractivity contribution in [2.24, 2.45) is 5.92 Å². The lowest BCUT2D eigenvalue weighted by atomic mass is 9.93. The van der Waals surface area contributed by atoms with Crippen LogP contribution in [0.5, 0.6) is 11.5 Å². The quantitative estimate of drug-likeness (QED) is 0.915. The van der Waals surface area contributed by atoms with Crippen LogP contribution in [0.15, 0.2) is 12.1 Å². The molecule has 1 unspecified atom stereocenters. The highest BCUT2D eigenvalue weighted by Gasteiger charge is 2.31. The molecule has 0 saturated heterocycles. The average molecular weight is 272 g/mol. The van der Waals surface area contributed by atoms with E-state index in [9.17, 15) is 13.6 Å². The van der Waals surface area contributed by atoms with Crippen LogP contribution in [0.2, 0.25) is 0 Å². The third-order valence-corrected chi connectivity index (χ3v) is 3.02. The van der Waals surface area contributed by atoms with Crippen LogP contribution in [-0.2, 0) is 17.1 Å². The molecule has 104 valence electrons. The van der Waals surface area contributed by atoms with Gasteiger partial charge in [0.1, 0.15) is 0 Å². The third kappa shape index (κ3) is 2.77. The minimum absolute atomic E-state index is 0.0119. The topological polar surface area (TPSA) is 55.8 Å². The van der Waals surface area contributed by atoms with Gasteiger partial charge in [0.15, 0.2) is 11.5 Å². The summed E-state index contributed by atoms with van der Waals surface area (Å²) in [6, 6.07) is 2.67. The normalized spacial score (nSPS) is 15.4. The Morgan fingerprint density at radius 3 is 2.53 bits per heavy atom. The maximum atomic E-state index is 13.6. The second-order valence-corrected chi connectivity index (χ2v) is 4.69. The van der Waals surface area contributed by atoms with E-state index >= 15 is 0 Å². The number of fused-ring (bicyclic) bond motifs is 1. The van der Waals surface area contributed by atoms with Crippen molar-refractivity contribution in [1.82, 2.24) is 0 Å². The number of hydrogen-bond acceptors (Lipinski definition) is 3. The third-order valence-electron chi connectivity index (χ3n) is 3.02. The average Bonchev–Trinajstić information content (AvgIpc) is 2.73. The Labute approximate surface area is 108 Å². The Morgan fingerprint density at radius 2 is 2.00 bits per heavy atom. The van der Waals surface area contributed by atoms with Gasteiger partial charge in [-0.2, -0.15) is 0 Å². The molecule has 1 atom stereocenters. The molecule has 1 N–H and O–H groups in total. The molecule has 0 aromatic heterocycles. The Kier molecular flexibility index (Phi) is 3.34. The van der Waals surface area contributed by atoms with Crippen molar-refractivity contribution in [3.05, 3.63) is 23.3 Å². The van der Waals surface area contributed by atoms with Crippen molar-refractivity contribution >= 4 is 5.97 Å². The van der Waals surface area contributed by atoms with Gasteiger partial charge in [0, 0.05) is 12.5 Å². The Morgan fingerprint density at radius 1 is 1.42 bits per heavy atom. The number of hydrogen-bond donors (Lipinski definition) is 1. The Balaban J connectivity index is 2.43. The largest absolute Gasteiger partial charge is 0.481 e. The summed E-state index contributed by atoms with van der Waals surface area (Å²) in [5.74, 6) is -4.19. The minimum atomic E-state index is -3.06. The van der Waals surface area contributed by atoms with E-state index in [0.29, 0.717) is 5.75 Å². The summed E-state index contributed by atoms with van der Waals surface area (Å²) in [7, 11) is 0. The molecule has 0 spiro atoms. The molecule has 1 aliphatic heterocycles. The summed E-state index contributed by atoms with van der Waals surface area (Å²) in [6.07, 6.45) is 0.0186. The lowest BCUT2D eigenvalue weighted by molar-refractivity contribution is -0.141. The highest BCUT2D eigenvalue weighted by Crippen LogP contribution is 2.41. The molecule has 4 nitrogen and oxygen atoms in total. The Bertz CT molecular complexity index is 508. The Hall–Kier alpha value is -1.85. The fourth-order valence-electron chi connectivity index (χ4n) is 1.98. The van der Waals surface area contributed by atoms with Crippen molar-refractivity contribution < 1.29 is 28.2 Å². The van der Waals surface area contributed by atoms with E-state index in [-0.39, 0.29) is 30.1 Å². The zero-order chi connectivity index (χ0) is 14.2. The number of carboxylic acids is 1. The number of aliphatic carboxylic acids is 1. The fourth-order valence-corrected chi connectivity index (χ4v) is 1.98. The van der Waals surface area contributed by atoms with Crippen LogP contribution < -0.4 is 9.47 Å². The van der Waals surface area contributed by atoms with Crippen LogP contribution in [0.3, 0.4) is 0 Å². The highest BCUT2D eigenvalue weighted by atomic mass is 19.3. The van der Waals surface area contributed by atoms with Crippen LogP contribution in [-0.4, -0.2) is 17.9 Å². The molecule has 0 amide bonds. The molecule has 0 aliphatic carbocycles. The van der Waals surface area contributed by atoms with Gasteiger partial charge in [0.2, 0.25) is 6.79 Å². The number of benzene rings is 1. The van der Waals surface area contributed by atoms with Crippen molar-refractivity contribution in [1.29, 1.82) is 0 Å². The monoisotopic (exact) mass is 272 g/mol. The number of carbonyl (C=O) groups is 1. The standard InChI is InChI=1S/C13H14F2O4/c1-7(12(16)17)3-8-4-10-11(19-6-18-10)5-9(8)13(2,14)15/h4-5,7H,3,6H2,1-2H3,(H,16,17). The first-order chi connectivity index (χ1) is 8.79. The molecule has 1 heterocycles. The number of rotatable bonds is 4. The second-order valence-electron chi connectivity index (χ2n) is 4.69. The van der Waals surface area contributed by atoms with Gasteiger partial charge in [-0.05, 0) is 24.1 Å². The molecule has 0 bridgehead atoms. The van der Waals surface area contributed by atoms with Crippen LogP contribution in [0, 0.1) is 5.92 Å². The number of ether oxygens (including phenoxy) is 2. The molecular formula is C13H14F2O4. The number of alkyl halides is 2. The molecule has 1 aliphatic rings. The maximum absolute atomic E-state index is 13.6. The SMILES string of the molecule is CC(Cc1cc2c(cc1C(C)(F)F)OCO2)C(=O)O. The van der Waals surface area contributed by atoms with E-state index in [1.54, 1.807) is 0 Å². The summed E-state index contributed by atoms with van der Waals surface area (Å²) in [5, 5.41) is 8.89. The van der Waals surface area contributed by atoms with Crippen molar-refractivity contribution in [2.45, 2.75) is 26.2 Å². The first-order valence-corrected chi connectivity index (χ1v) is 5.82. The molecule has 1 aromatic carbocycles. The summed E-state index contributed by atoms with van der Waals surface area (Å²) in [4.78, 5) is 10.9. The van der Waals surface area contributed by atoms with E-state index in [4.69, 9.17) is 14.6 Å². The van der Waals surface area contributed by atoms with Crippen LogP contribution in [0.25, 0.3) is 0 Å². The van der Waals surface area contributed by atoms with Crippen LogP contribution in [0.4, 0.5) is 8.78 Å². The predicted molar refractivity (Wildman–Crippen MR) is 62.6 cm³/mol. The molecule has 2 rings (SSSR count). The maximum Gasteiger partial charge on any atom is 0.306 e. The molecule has 0 radical (unpaired) electrons. The predicted octanol–water partition coefficient (Wildman–Crippen LogP) is 2.79. The fraction of sp³-hybridized carbons (Fsp3) is 0.462. The van der Waals surface area contributed by atoms with E-state index in [1.807, 2.05) is 0 Å². The van der Waals surface area contributed by atoms with Gasteiger partial charge in [0.05, 0.1) is 5.92 Å². The van der Waals surface area contributed by atoms with Gasteiger partial charge in [-0.3, -0.25) is 4.79 Å². The molecule has 19 heavy (non-hydrogen) atoms. The highest BCUT2D eigenvalue weighted by molar-refractivity contribution is 5.70. The van der Waals surface area contributed by atoms with E-state index in [2.05, 4.69) is 0 Å². The zero-order valence-corrected chi connectivity index (χ0v) is 10.6. The van der Waals surface area contributed by atoms with Gasteiger partial charge in [0.25, 0.3) is 5.92 Å². The molecule has 1 aromatic rings. The van der Waals surface area contributed by atoms with Gasteiger partial charge in [-0.25, -0.2) is 8.78 Å². The summed E-state index contributed by atoms with van der Waals surface area (Å²) in [5.41, 5.74) is 0.0523. The van der Waals surface area contributed by atoms with Gasteiger partial charge in [-0.15, -0.1) is 0 Å². The molecule has 0 saturated carbocycles. The molecular weight excluding hydrogens is 258 g/mol. The van der Waals surface area contributed by atoms with E-state index < -0.39 is 17.8 Å². The number of halogens is 2. The van der Waals surface area contributed by atoms with E-state index in [1.165, 1.54) is 19.1 Å². The van der Waals surface area contributed by atoms with Crippen LogP contribution in [0.1, 0.15) is 25.0 Å². The summed E-state index contributed by atoms with van der Waals surface area (Å²) < 4.78 is 37.4. The number of carboxylic acid groups (broad SMARTS) is 1. The summed E-state index contributed by atoms with van der Waals surface area (Å²) >= 11 is 0. The first kappa shape index (κ1) is 13.6. The minimum Gasteiger partial charge on any atom is -0.481 e.